The number of benzene rings is 1. The van der Waals surface area contributed by atoms with Crippen LogP contribution in [0.4, 0.5) is 5.69 Å². The van der Waals surface area contributed by atoms with E-state index >= 15 is 0 Å². The van der Waals surface area contributed by atoms with E-state index in [4.69, 9.17) is 4.84 Å². The van der Waals surface area contributed by atoms with Gasteiger partial charge in [0, 0.05) is 24.6 Å². The lowest BCUT2D eigenvalue weighted by atomic mass is 10.2. The largest absolute Gasteiger partial charge is 0.332 e. The number of rotatable bonds is 6. The first-order valence-corrected chi connectivity index (χ1v) is 6.36. The van der Waals surface area contributed by atoms with Gasteiger partial charge in [0.1, 0.15) is 0 Å². The van der Waals surface area contributed by atoms with Crippen molar-refractivity contribution in [2.24, 2.45) is 0 Å². The number of carbonyl (C=O) groups excluding carboxylic acids is 2. The number of carbonyl (C=O) groups is 2. The molecular formula is C13H16N2O6. The van der Waals surface area contributed by atoms with E-state index in [1.54, 1.807) is 0 Å². The fourth-order valence-corrected chi connectivity index (χ4v) is 1.37. The Bertz CT molecular complexity index is 514. The predicted octanol–water partition coefficient (Wildman–Crippen LogP) is 2.25. The maximum absolute atomic E-state index is 12.1. The lowest BCUT2D eigenvalue weighted by molar-refractivity contribution is -0.384. The topological polar surface area (TPSA) is 99.0 Å². The van der Waals surface area contributed by atoms with Crippen LogP contribution < -0.4 is 0 Å². The highest BCUT2D eigenvalue weighted by molar-refractivity contribution is 5.93. The van der Waals surface area contributed by atoms with Crippen molar-refractivity contribution in [2.45, 2.75) is 26.7 Å². The highest BCUT2D eigenvalue weighted by Gasteiger charge is 2.21. The second-order valence-corrected chi connectivity index (χ2v) is 4.14. The number of amides is 1. The summed E-state index contributed by atoms with van der Waals surface area (Å²) in [6.07, 6.45) is 1.53. The minimum Gasteiger partial charge on any atom is -0.312 e. The van der Waals surface area contributed by atoms with Gasteiger partial charge < -0.3 is 4.84 Å². The molecule has 8 nitrogen and oxygen atoms in total. The van der Waals surface area contributed by atoms with Crippen LogP contribution in [0.2, 0.25) is 0 Å². The summed E-state index contributed by atoms with van der Waals surface area (Å²) in [4.78, 5) is 42.8. The number of nitro benzene ring substituents is 1. The van der Waals surface area contributed by atoms with Crippen LogP contribution in [0.25, 0.3) is 0 Å². The molecule has 0 fully saturated rings. The van der Waals surface area contributed by atoms with Crippen molar-refractivity contribution in [3.05, 3.63) is 39.9 Å². The van der Waals surface area contributed by atoms with Crippen molar-refractivity contribution >= 4 is 17.6 Å². The van der Waals surface area contributed by atoms with E-state index < -0.39 is 16.8 Å². The third-order valence-corrected chi connectivity index (χ3v) is 2.41. The maximum Gasteiger partial charge on any atom is 0.332 e. The van der Waals surface area contributed by atoms with Gasteiger partial charge in [0.25, 0.3) is 5.69 Å². The molecule has 21 heavy (non-hydrogen) atoms. The third-order valence-electron chi connectivity index (χ3n) is 2.41. The monoisotopic (exact) mass is 296 g/mol. The van der Waals surface area contributed by atoms with Gasteiger partial charge in [-0.15, -0.1) is 0 Å². The summed E-state index contributed by atoms with van der Waals surface area (Å²) in [5.41, 5.74) is -0.0316. The lowest BCUT2D eigenvalue weighted by Crippen LogP contribution is -2.33. The Hall–Kier alpha value is -2.48. The molecule has 0 saturated heterocycles. The molecule has 0 radical (unpaired) electrons. The molecule has 1 aromatic carbocycles. The van der Waals surface area contributed by atoms with Crippen molar-refractivity contribution < 1.29 is 24.2 Å². The summed E-state index contributed by atoms with van der Waals surface area (Å²) in [5, 5.41) is 11.1. The van der Waals surface area contributed by atoms with E-state index in [0.717, 1.165) is 13.3 Å². The van der Waals surface area contributed by atoms with Gasteiger partial charge in [-0.05, 0) is 23.8 Å². The first kappa shape index (κ1) is 16.6. The summed E-state index contributed by atoms with van der Waals surface area (Å²) in [6, 6.07) is 4.90. The average molecular weight is 296 g/mol. The minimum atomic E-state index is -0.712. The number of unbranched alkanes of at least 4 members (excludes halogenated alkanes) is 1. The smallest absolute Gasteiger partial charge is 0.312 e. The zero-order valence-electron chi connectivity index (χ0n) is 11.8. The van der Waals surface area contributed by atoms with Gasteiger partial charge in [0.05, 0.1) is 11.5 Å². The third kappa shape index (κ3) is 5.19. The lowest BCUT2D eigenvalue weighted by Gasteiger charge is -2.18. The van der Waals surface area contributed by atoms with E-state index in [1.807, 2.05) is 6.92 Å². The number of hydroxylamine groups is 2. The Morgan fingerprint density at radius 1 is 1.29 bits per heavy atom. The molecule has 0 unspecified atom stereocenters. The molecule has 0 heterocycles. The SMILES string of the molecule is CCCCON(OC(C)=O)C(=O)c1ccc([N+](=O)[O-])cc1. The molecule has 0 N–H and O–H groups in total. The van der Waals surface area contributed by atoms with Crippen molar-refractivity contribution in [1.82, 2.24) is 5.23 Å². The molecule has 1 aromatic rings. The van der Waals surface area contributed by atoms with Gasteiger partial charge >= 0.3 is 11.9 Å². The Balaban J connectivity index is 2.82. The standard InChI is InChI=1S/C13H16N2O6/c1-3-4-9-20-15(21-10(2)16)13(17)11-5-7-12(8-6-11)14(18)19/h5-8H,3-4,9H2,1-2H3. The summed E-state index contributed by atoms with van der Waals surface area (Å²) in [6.45, 7) is 3.29. The molecular weight excluding hydrogens is 280 g/mol. The molecule has 8 heteroatoms. The molecule has 0 atom stereocenters. The molecule has 1 rings (SSSR count). The fourth-order valence-electron chi connectivity index (χ4n) is 1.37. The van der Waals surface area contributed by atoms with Gasteiger partial charge in [-0.25, -0.2) is 9.63 Å². The van der Waals surface area contributed by atoms with Crippen LogP contribution in [-0.4, -0.2) is 28.6 Å². The highest BCUT2D eigenvalue weighted by Crippen LogP contribution is 2.14. The van der Waals surface area contributed by atoms with Crippen LogP contribution >= 0.6 is 0 Å². The van der Waals surface area contributed by atoms with Crippen LogP contribution in [0.5, 0.6) is 0 Å². The summed E-state index contributed by atoms with van der Waals surface area (Å²) < 4.78 is 0. The van der Waals surface area contributed by atoms with E-state index in [9.17, 15) is 19.7 Å². The number of nitrogens with zero attached hydrogens (tertiary/aromatic N) is 2. The maximum atomic E-state index is 12.1. The van der Waals surface area contributed by atoms with Crippen molar-refractivity contribution in [3.63, 3.8) is 0 Å². The Morgan fingerprint density at radius 2 is 1.90 bits per heavy atom. The van der Waals surface area contributed by atoms with E-state index in [0.29, 0.717) is 11.6 Å². The summed E-state index contributed by atoms with van der Waals surface area (Å²) in [7, 11) is 0. The zero-order chi connectivity index (χ0) is 15.8. The van der Waals surface area contributed by atoms with E-state index in [-0.39, 0.29) is 17.9 Å². The van der Waals surface area contributed by atoms with Gasteiger partial charge in [-0.1, -0.05) is 13.3 Å². The minimum absolute atomic E-state index is 0.110. The molecule has 0 saturated carbocycles. The van der Waals surface area contributed by atoms with Crippen LogP contribution in [0.15, 0.2) is 24.3 Å². The van der Waals surface area contributed by atoms with Crippen LogP contribution in [0.1, 0.15) is 37.0 Å². The Labute approximate surface area is 121 Å². The molecule has 1 amide bonds. The number of hydrogen-bond donors (Lipinski definition) is 0. The second kappa shape index (κ2) is 7.95. The van der Waals surface area contributed by atoms with E-state index in [2.05, 4.69) is 4.84 Å². The first-order valence-electron chi connectivity index (χ1n) is 6.36. The quantitative estimate of drug-likeness (QED) is 0.453. The Morgan fingerprint density at radius 3 is 2.38 bits per heavy atom. The van der Waals surface area contributed by atoms with Crippen molar-refractivity contribution in [3.8, 4) is 0 Å². The summed E-state index contributed by atoms with van der Waals surface area (Å²) in [5.74, 6) is -1.42. The molecule has 0 aliphatic rings. The van der Waals surface area contributed by atoms with Crippen molar-refractivity contribution in [1.29, 1.82) is 0 Å². The molecule has 0 aromatic heterocycles. The molecule has 0 aliphatic heterocycles. The number of hydrogen-bond acceptors (Lipinski definition) is 6. The Kier molecular flexibility index (Phi) is 6.28. The number of non-ortho nitro benzene ring substituents is 1. The van der Waals surface area contributed by atoms with Crippen LogP contribution in [0.3, 0.4) is 0 Å². The molecule has 0 aliphatic carbocycles. The van der Waals surface area contributed by atoms with E-state index in [1.165, 1.54) is 24.3 Å². The van der Waals surface area contributed by atoms with Gasteiger partial charge in [-0.2, -0.15) is 0 Å². The highest BCUT2D eigenvalue weighted by atomic mass is 17.0. The summed E-state index contributed by atoms with van der Waals surface area (Å²) >= 11 is 0. The van der Waals surface area contributed by atoms with Crippen molar-refractivity contribution in [2.75, 3.05) is 6.61 Å². The van der Waals surface area contributed by atoms with Crippen LogP contribution in [-0.2, 0) is 14.5 Å². The van der Waals surface area contributed by atoms with Gasteiger partial charge in [0.15, 0.2) is 0 Å². The van der Waals surface area contributed by atoms with Crippen LogP contribution in [0, 0.1) is 10.1 Å². The average Bonchev–Trinajstić information content (AvgIpc) is 2.45. The van der Waals surface area contributed by atoms with Gasteiger partial charge in [0.2, 0.25) is 0 Å². The number of nitro groups is 1. The first-order chi connectivity index (χ1) is 9.95. The second-order valence-electron chi connectivity index (χ2n) is 4.14. The molecule has 0 spiro atoms. The zero-order valence-corrected chi connectivity index (χ0v) is 11.8. The fraction of sp³-hybridized carbons (Fsp3) is 0.385. The molecule has 114 valence electrons. The molecule has 0 bridgehead atoms. The normalized spacial score (nSPS) is 10.0. The predicted molar refractivity (Wildman–Crippen MR) is 71.9 cm³/mol. The van der Waals surface area contributed by atoms with Gasteiger partial charge in [-0.3, -0.25) is 14.9 Å².